The Morgan fingerprint density at radius 1 is 1.10 bits per heavy atom. The summed E-state index contributed by atoms with van der Waals surface area (Å²) in [6.07, 6.45) is 0. The van der Waals surface area contributed by atoms with Crippen LogP contribution in [-0.2, 0) is 14.3 Å². The Bertz CT molecular complexity index is 995. The number of halogens is 1. The lowest BCUT2D eigenvalue weighted by Crippen LogP contribution is -2.59. The molecule has 1 N–H and O–H groups in total. The Balaban J connectivity index is 1.82. The highest BCUT2D eigenvalue weighted by molar-refractivity contribution is 9.10. The lowest BCUT2D eigenvalue weighted by molar-refractivity contribution is -0.128. The average Bonchev–Trinajstić information content (AvgIpc) is 2.72. The summed E-state index contributed by atoms with van der Waals surface area (Å²) in [6.45, 7) is 2.72. The van der Waals surface area contributed by atoms with Gasteiger partial charge in [0.05, 0.1) is 31.2 Å². The molecule has 158 valence electrons. The third-order valence-corrected chi connectivity index (χ3v) is 5.55. The molecular formula is C21H21BrN2O6. The fraction of sp³-hybridized carbons (Fsp3) is 0.286. The molecule has 0 radical (unpaired) electrons. The molecular weight excluding hydrogens is 456 g/mol. The van der Waals surface area contributed by atoms with Crippen LogP contribution in [0, 0.1) is 0 Å². The molecule has 1 aliphatic heterocycles. The fourth-order valence-corrected chi connectivity index (χ4v) is 3.71. The van der Waals surface area contributed by atoms with Crippen LogP contribution in [0.15, 0.2) is 40.9 Å². The molecule has 0 fully saturated rings. The zero-order valence-corrected chi connectivity index (χ0v) is 18.5. The first-order chi connectivity index (χ1) is 14.2. The van der Waals surface area contributed by atoms with Crippen LogP contribution >= 0.6 is 15.9 Å². The van der Waals surface area contributed by atoms with Crippen LogP contribution in [0.25, 0.3) is 0 Å². The van der Waals surface area contributed by atoms with Gasteiger partial charge in [0.15, 0.2) is 6.61 Å². The summed E-state index contributed by atoms with van der Waals surface area (Å²) < 4.78 is 16.2. The molecule has 30 heavy (non-hydrogen) atoms. The van der Waals surface area contributed by atoms with Crippen LogP contribution in [-0.4, -0.2) is 44.1 Å². The summed E-state index contributed by atoms with van der Waals surface area (Å²) in [4.78, 5) is 39.3. The number of fused-ring (bicyclic) bond motifs is 1. The summed E-state index contributed by atoms with van der Waals surface area (Å²) in [7, 11) is 2.91. The number of anilines is 2. The Morgan fingerprint density at radius 2 is 1.70 bits per heavy atom. The highest BCUT2D eigenvalue weighted by Gasteiger charge is 2.43. The minimum Gasteiger partial charge on any atom is -0.495 e. The number of para-hydroxylation sites is 2. The van der Waals surface area contributed by atoms with Gasteiger partial charge in [-0.1, -0.05) is 12.1 Å². The largest absolute Gasteiger partial charge is 0.495 e. The van der Waals surface area contributed by atoms with E-state index in [9.17, 15) is 14.4 Å². The molecule has 0 bridgehead atoms. The maximum absolute atomic E-state index is 13.0. The number of hydrogen-bond donors (Lipinski definition) is 1. The summed E-state index contributed by atoms with van der Waals surface area (Å²) >= 11 is 3.33. The first-order valence-corrected chi connectivity index (χ1v) is 9.82. The van der Waals surface area contributed by atoms with Crippen molar-refractivity contribution in [1.82, 2.24) is 0 Å². The maximum atomic E-state index is 13.0. The number of nitrogens with zero attached hydrogens (tertiary/aromatic N) is 1. The fourth-order valence-electron chi connectivity index (χ4n) is 3.16. The van der Waals surface area contributed by atoms with Crippen molar-refractivity contribution in [1.29, 1.82) is 0 Å². The van der Waals surface area contributed by atoms with Crippen molar-refractivity contribution in [2.45, 2.75) is 19.4 Å². The SMILES string of the molecule is COc1cc(C(=O)OCC(=O)N2c3ccccc3NC(=O)C2(C)C)cc(OC)c1Br. The number of esters is 1. The Kier molecular flexibility index (Phi) is 6.02. The standard InChI is InChI=1S/C21H21BrN2O6/c1-21(2)20(27)23-13-7-5-6-8-14(13)24(21)17(25)11-30-19(26)12-9-15(28-3)18(22)16(10-12)29-4/h5-10H,11H2,1-4H3,(H,23,27). The predicted octanol–water partition coefficient (Wildman–Crippen LogP) is 3.39. The second-order valence-corrected chi connectivity index (χ2v) is 7.82. The minimum atomic E-state index is -1.15. The number of carbonyl (C=O) groups excluding carboxylic acids is 3. The van der Waals surface area contributed by atoms with Crippen molar-refractivity contribution < 1.29 is 28.6 Å². The van der Waals surface area contributed by atoms with Gasteiger partial charge in [-0.2, -0.15) is 0 Å². The van der Waals surface area contributed by atoms with Gasteiger partial charge in [-0.3, -0.25) is 14.5 Å². The molecule has 9 heteroatoms. The molecule has 0 atom stereocenters. The van der Waals surface area contributed by atoms with Crippen LogP contribution in [0.4, 0.5) is 11.4 Å². The summed E-state index contributed by atoms with van der Waals surface area (Å²) in [6, 6.07) is 9.91. The average molecular weight is 477 g/mol. The number of methoxy groups -OCH3 is 2. The van der Waals surface area contributed by atoms with Crippen molar-refractivity contribution in [2.24, 2.45) is 0 Å². The second-order valence-electron chi connectivity index (χ2n) is 7.03. The van der Waals surface area contributed by atoms with Crippen LogP contribution < -0.4 is 19.7 Å². The van der Waals surface area contributed by atoms with Crippen molar-refractivity contribution in [3.63, 3.8) is 0 Å². The number of ether oxygens (including phenoxy) is 3. The third-order valence-electron chi connectivity index (χ3n) is 4.77. The zero-order valence-electron chi connectivity index (χ0n) is 16.9. The number of rotatable bonds is 5. The van der Waals surface area contributed by atoms with Gasteiger partial charge in [0.2, 0.25) is 5.91 Å². The predicted molar refractivity (Wildman–Crippen MR) is 114 cm³/mol. The van der Waals surface area contributed by atoms with Gasteiger partial charge in [-0.25, -0.2) is 4.79 Å². The molecule has 0 unspecified atom stereocenters. The second kappa shape index (κ2) is 8.35. The van der Waals surface area contributed by atoms with Gasteiger partial charge in [0, 0.05) is 0 Å². The number of amides is 2. The molecule has 0 aromatic heterocycles. The molecule has 0 saturated heterocycles. The van der Waals surface area contributed by atoms with E-state index in [4.69, 9.17) is 14.2 Å². The van der Waals surface area contributed by atoms with Crippen LogP contribution in [0.5, 0.6) is 11.5 Å². The summed E-state index contributed by atoms with van der Waals surface area (Å²) in [5.41, 5.74) is 0.0665. The van der Waals surface area contributed by atoms with Crippen molar-refractivity contribution in [3.05, 3.63) is 46.4 Å². The van der Waals surface area contributed by atoms with E-state index in [1.165, 1.54) is 31.3 Å². The zero-order chi connectivity index (χ0) is 22.1. The number of carbonyl (C=O) groups is 3. The Hall–Kier alpha value is -3.07. The van der Waals surface area contributed by atoms with E-state index in [2.05, 4.69) is 21.2 Å². The first-order valence-electron chi connectivity index (χ1n) is 9.03. The van der Waals surface area contributed by atoms with E-state index in [1.807, 2.05) is 0 Å². The van der Waals surface area contributed by atoms with E-state index in [0.717, 1.165) is 0 Å². The highest BCUT2D eigenvalue weighted by atomic mass is 79.9. The molecule has 2 aromatic rings. The van der Waals surface area contributed by atoms with E-state index in [1.54, 1.807) is 38.1 Å². The normalized spacial score (nSPS) is 14.4. The monoisotopic (exact) mass is 476 g/mol. The van der Waals surface area contributed by atoms with E-state index in [0.29, 0.717) is 27.3 Å². The Labute approximate surface area is 182 Å². The molecule has 0 spiro atoms. The van der Waals surface area contributed by atoms with Gasteiger partial charge in [-0.05, 0) is 54.0 Å². The van der Waals surface area contributed by atoms with Gasteiger partial charge in [0.25, 0.3) is 5.91 Å². The maximum Gasteiger partial charge on any atom is 0.338 e. The molecule has 1 heterocycles. The van der Waals surface area contributed by atoms with Gasteiger partial charge < -0.3 is 19.5 Å². The minimum absolute atomic E-state index is 0.163. The van der Waals surface area contributed by atoms with Gasteiger partial charge >= 0.3 is 5.97 Å². The molecule has 2 amide bonds. The molecule has 0 saturated carbocycles. The van der Waals surface area contributed by atoms with Crippen LogP contribution in [0.3, 0.4) is 0 Å². The van der Waals surface area contributed by atoms with E-state index >= 15 is 0 Å². The van der Waals surface area contributed by atoms with E-state index < -0.39 is 24.0 Å². The smallest absolute Gasteiger partial charge is 0.338 e. The molecule has 2 aromatic carbocycles. The molecule has 8 nitrogen and oxygen atoms in total. The molecule has 1 aliphatic rings. The van der Waals surface area contributed by atoms with Crippen LogP contribution in [0.1, 0.15) is 24.2 Å². The lowest BCUT2D eigenvalue weighted by Gasteiger charge is -2.41. The molecule has 0 aliphatic carbocycles. The highest BCUT2D eigenvalue weighted by Crippen LogP contribution is 2.37. The van der Waals surface area contributed by atoms with Crippen LogP contribution in [0.2, 0.25) is 0 Å². The number of hydrogen-bond acceptors (Lipinski definition) is 6. The van der Waals surface area contributed by atoms with Gasteiger partial charge in [-0.15, -0.1) is 0 Å². The first kappa shape index (κ1) is 21.6. The number of nitrogens with one attached hydrogen (secondary N) is 1. The van der Waals surface area contributed by atoms with E-state index in [-0.39, 0.29) is 11.5 Å². The number of benzene rings is 2. The van der Waals surface area contributed by atoms with Crippen molar-refractivity contribution >= 4 is 45.1 Å². The molecule has 3 rings (SSSR count). The quantitative estimate of drug-likeness (QED) is 0.664. The van der Waals surface area contributed by atoms with Gasteiger partial charge in [0.1, 0.15) is 21.5 Å². The summed E-state index contributed by atoms with van der Waals surface area (Å²) in [5.74, 6) is -0.805. The topological polar surface area (TPSA) is 94.2 Å². The lowest BCUT2D eigenvalue weighted by atomic mass is 9.96. The third kappa shape index (κ3) is 3.85. The Morgan fingerprint density at radius 3 is 2.30 bits per heavy atom. The van der Waals surface area contributed by atoms with Crippen molar-refractivity contribution in [3.8, 4) is 11.5 Å². The summed E-state index contributed by atoms with van der Waals surface area (Å²) in [5, 5.41) is 2.78. The van der Waals surface area contributed by atoms with Crippen molar-refractivity contribution in [2.75, 3.05) is 31.0 Å².